The Hall–Kier alpha value is -3.03. The van der Waals surface area contributed by atoms with Crippen LogP contribution in [0.25, 0.3) is 16.9 Å². The van der Waals surface area contributed by atoms with E-state index >= 15 is 0 Å². The number of carbonyl (C=O) groups is 1. The van der Waals surface area contributed by atoms with E-state index in [1.54, 1.807) is 17.1 Å². The van der Waals surface area contributed by atoms with Crippen molar-refractivity contribution in [2.24, 2.45) is 0 Å². The summed E-state index contributed by atoms with van der Waals surface area (Å²) >= 11 is 0. The predicted octanol–water partition coefficient (Wildman–Crippen LogP) is 1.10. The number of hydrogen-bond donors (Lipinski definition) is 2. The van der Waals surface area contributed by atoms with Crippen LogP contribution in [-0.4, -0.2) is 42.4 Å². The van der Waals surface area contributed by atoms with Crippen LogP contribution < -0.4 is 5.32 Å². The molecule has 0 amide bonds. The lowest BCUT2D eigenvalue weighted by molar-refractivity contribution is -0.136. The van der Waals surface area contributed by atoms with Crippen LogP contribution >= 0.6 is 0 Å². The molecule has 8 nitrogen and oxygen atoms in total. The molecule has 0 bridgehead atoms. The lowest BCUT2D eigenvalue weighted by Gasteiger charge is -2.05. The number of fused-ring (bicyclic) bond motifs is 1. The maximum Gasteiger partial charge on any atom is 0.305 e. The van der Waals surface area contributed by atoms with Crippen molar-refractivity contribution in [1.82, 2.24) is 24.7 Å². The number of rotatable bonds is 5. The van der Waals surface area contributed by atoms with Crippen molar-refractivity contribution in [3.05, 3.63) is 36.9 Å². The highest BCUT2D eigenvalue weighted by Crippen LogP contribution is 2.20. The molecule has 0 radical (unpaired) electrons. The number of nitrogens with zero attached hydrogens (tertiary/aromatic N) is 5. The average Bonchev–Trinajstić information content (AvgIpc) is 2.92. The third-order valence-corrected chi connectivity index (χ3v) is 2.86. The van der Waals surface area contributed by atoms with Gasteiger partial charge in [-0.05, 0) is 12.1 Å². The van der Waals surface area contributed by atoms with E-state index in [-0.39, 0.29) is 13.0 Å². The minimum absolute atomic E-state index is 0.0138. The standard InChI is InChI=1S/C13H12N6O2/c20-11(21)4-6-15-12-9-7-18-19(13(9)17-8-16-12)10-3-1-2-5-14-10/h1-3,5,7-8H,4,6H2,(H,20,21)(H,15,16,17). The SMILES string of the molecule is O=C(O)CCNc1ncnc2c1cnn2-c1ccccn1. The first-order valence-corrected chi connectivity index (χ1v) is 6.31. The molecular weight excluding hydrogens is 272 g/mol. The number of aliphatic carboxylic acids is 1. The summed E-state index contributed by atoms with van der Waals surface area (Å²) in [6, 6.07) is 5.51. The Morgan fingerprint density at radius 2 is 2.19 bits per heavy atom. The predicted molar refractivity (Wildman–Crippen MR) is 75.2 cm³/mol. The van der Waals surface area contributed by atoms with Crippen LogP contribution in [0, 0.1) is 0 Å². The van der Waals surface area contributed by atoms with Gasteiger partial charge in [0.15, 0.2) is 11.5 Å². The molecule has 0 fully saturated rings. The van der Waals surface area contributed by atoms with E-state index in [4.69, 9.17) is 5.11 Å². The van der Waals surface area contributed by atoms with Gasteiger partial charge in [-0.25, -0.2) is 15.0 Å². The smallest absolute Gasteiger partial charge is 0.305 e. The van der Waals surface area contributed by atoms with E-state index in [2.05, 4.69) is 25.4 Å². The van der Waals surface area contributed by atoms with Gasteiger partial charge in [-0.1, -0.05) is 6.07 Å². The zero-order valence-corrected chi connectivity index (χ0v) is 11.0. The Morgan fingerprint density at radius 1 is 1.29 bits per heavy atom. The van der Waals surface area contributed by atoms with Crippen molar-refractivity contribution < 1.29 is 9.90 Å². The van der Waals surface area contributed by atoms with E-state index < -0.39 is 5.97 Å². The molecule has 106 valence electrons. The van der Waals surface area contributed by atoms with Gasteiger partial charge < -0.3 is 10.4 Å². The third kappa shape index (κ3) is 2.64. The summed E-state index contributed by atoms with van der Waals surface area (Å²) in [5.41, 5.74) is 0.613. The molecule has 2 N–H and O–H groups in total. The topological polar surface area (TPSA) is 106 Å². The van der Waals surface area contributed by atoms with Crippen LogP contribution in [-0.2, 0) is 4.79 Å². The van der Waals surface area contributed by atoms with E-state index in [9.17, 15) is 4.79 Å². The molecule has 8 heteroatoms. The number of pyridine rings is 1. The molecule has 0 aromatic carbocycles. The summed E-state index contributed by atoms with van der Waals surface area (Å²) in [6.45, 7) is 0.288. The van der Waals surface area contributed by atoms with E-state index in [1.807, 2.05) is 18.2 Å². The quantitative estimate of drug-likeness (QED) is 0.722. The van der Waals surface area contributed by atoms with E-state index in [0.29, 0.717) is 22.7 Å². The number of nitrogens with one attached hydrogen (secondary N) is 1. The molecule has 0 saturated carbocycles. The lowest BCUT2D eigenvalue weighted by Crippen LogP contribution is -2.09. The molecule has 3 heterocycles. The largest absolute Gasteiger partial charge is 0.481 e. The number of carboxylic acid groups (broad SMARTS) is 1. The second-order valence-electron chi connectivity index (χ2n) is 4.27. The minimum Gasteiger partial charge on any atom is -0.481 e. The van der Waals surface area contributed by atoms with Crippen molar-refractivity contribution in [2.75, 3.05) is 11.9 Å². The first kappa shape index (κ1) is 13.0. The minimum atomic E-state index is -0.864. The monoisotopic (exact) mass is 284 g/mol. The number of anilines is 1. The van der Waals surface area contributed by atoms with E-state index in [1.165, 1.54) is 6.33 Å². The van der Waals surface area contributed by atoms with Gasteiger partial charge >= 0.3 is 5.97 Å². The molecule has 3 rings (SSSR count). The van der Waals surface area contributed by atoms with Crippen molar-refractivity contribution in [1.29, 1.82) is 0 Å². The normalized spacial score (nSPS) is 10.7. The van der Waals surface area contributed by atoms with Gasteiger partial charge in [-0.15, -0.1) is 0 Å². The highest BCUT2D eigenvalue weighted by molar-refractivity contribution is 5.87. The van der Waals surface area contributed by atoms with Crippen LogP contribution in [0.4, 0.5) is 5.82 Å². The summed E-state index contributed by atoms with van der Waals surface area (Å²) in [5.74, 6) is 0.350. The van der Waals surface area contributed by atoms with Crippen molar-refractivity contribution in [2.45, 2.75) is 6.42 Å². The summed E-state index contributed by atoms with van der Waals surface area (Å²) in [6.07, 6.45) is 4.73. The van der Waals surface area contributed by atoms with Gasteiger partial charge in [-0.3, -0.25) is 4.79 Å². The molecule has 3 aromatic heterocycles. The molecule has 0 aliphatic carbocycles. The molecule has 3 aromatic rings. The first-order valence-electron chi connectivity index (χ1n) is 6.31. The molecular formula is C13H12N6O2. The number of hydrogen-bond acceptors (Lipinski definition) is 6. The average molecular weight is 284 g/mol. The van der Waals surface area contributed by atoms with Gasteiger partial charge in [-0.2, -0.15) is 9.78 Å². The van der Waals surface area contributed by atoms with Crippen LogP contribution in [0.15, 0.2) is 36.9 Å². The maximum atomic E-state index is 10.5. The Labute approximate surface area is 119 Å². The molecule has 0 aliphatic heterocycles. The number of carboxylic acids is 1. The van der Waals surface area contributed by atoms with Gasteiger partial charge in [0.05, 0.1) is 18.0 Å². The number of aromatic nitrogens is 5. The van der Waals surface area contributed by atoms with Crippen LogP contribution in [0.3, 0.4) is 0 Å². The second kappa shape index (κ2) is 5.53. The Kier molecular flexibility index (Phi) is 3.42. The summed E-state index contributed by atoms with van der Waals surface area (Å²) in [7, 11) is 0. The van der Waals surface area contributed by atoms with Gasteiger partial charge in [0.2, 0.25) is 0 Å². The van der Waals surface area contributed by atoms with Gasteiger partial charge in [0.25, 0.3) is 0 Å². The molecule has 0 spiro atoms. The van der Waals surface area contributed by atoms with Crippen LogP contribution in [0.1, 0.15) is 6.42 Å². The van der Waals surface area contributed by atoms with E-state index in [0.717, 1.165) is 0 Å². The molecule has 0 atom stereocenters. The van der Waals surface area contributed by atoms with Crippen molar-refractivity contribution >= 4 is 22.8 Å². The summed E-state index contributed by atoms with van der Waals surface area (Å²) in [4.78, 5) is 23.1. The molecule has 0 aliphatic rings. The second-order valence-corrected chi connectivity index (χ2v) is 4.27. The fourth-order valence-corrected chi connectivity index (χ4v) is 1.92. The fourth-order valence-electron chi connectivity index (χ4n) is 1.92. The Balaban J connectivity index is 1.95. The van der Waals surface area contributed by atoms with Gasteiger partial charge in [0.1, 0.15) is 12.1 Å². The fraction of sp³-hybridized carbons (Fsp3) is 0.154. The summed E-state index contributed by atoms with van der Waals surface area (Å²) in [5, 5.41) is 16.6. The zero-order valence-electron chi connectivity index (χ0n) is 11.0. The van der Waals surface area contributed by atoms with Crippen molar-refractivity contribution in [3.63, 3.8) is 0 Å². The van der Waals surface area contributed by atoms with Crippen molar-refractivity contribution in [3.8, 4) is 5.82 Å². The maximum absolute atomic E-state index is 10.5. The Bertz CT molecular complexity index is 771. The van der Waals surface area contributed by atoms with Crippen LogP contribution in [0.2, 0.25) is 0 Å². The highest BCUT2D eigenvalue weighted by Gasteiger charge is 2.11. The third-order valence-electron chi connectivity index (χ3n) is 2.86. The lowest BCUT2D eigenvalue weighted by atomic mass is 10.3. The summed E-state index contributed by atoms with van der Waals surface area (Å²) < 4.78 is 1.61. The molecule has 0 unspecified atom stereocenters. The van der Waals surface area contributed by atoms with Gasteiger partial charge in [0, 0.05) is 12.7 Å². The first-order chi connectivity index (χ1) is 10.3. The Morgan fingerprint density at radius 3 is 2.95 bits per heavy atom. The molecule has 0 saturated heterocycles. The zero-order chi connectivity index (χ0) is 14.7. The molecule has 21 heavy (non-hydrogen) atoms. The van der Waals surface area contributed by atoms with Crippen LogP contribution in [0.5, 0.6) is 0 Å². The highest BCUT2D eigenvalue weighted by atomic mass is 16.4.